The zero-order chi connectivity index (χ0) is 43.1. The van der Waals surface area contributed by atoms with Crippen molar-refractivity contribution in [3.8, 4) is 33.4 Å². The van der Waals surface area contributed by atoms with Gasteiger partial charge in [-0.25, -0.2) is 0 Å². The van der Waals surface area contributed by atoms with Crippen molar-refractivity contribution in [1.29, 1.82) is 0 Å². The molecule has 0 amide bonds. The fourth-order valence-electron chi connectivity index (χ4n) is 11.6. The molecule has 1 aromatic heterocycles. The van der Waals surface area contributed by atoms with Crippen molar-refractivity contribution in [2.24, 2.45) is 0 Å². The molecule has 0 fully saturated rings. The summed E-state index contributed by atoms with van der Waals surface area (Å²) in [5.74, 6) is 0. The molecule has 0 aliphatic heterocycles. The number of rotatable bonds is 7. The molecule has 2 nitrogen and oxygen atoms in total. The van der Waals surface area contributed by atoms with E-state index in [4.69, 9.17) is 4.42 Å². The highest BCUT2D eigenvalue weighted by atomic mass is 16.3. The summed E-state index contributed by atoms with van der Waals surface area (Å²) in [5.41, 5.74) is 20.0. The normalized spacial score (nSPS) is 13.9. The largest absolute Gasteiger partial charge is 0.454 e. The second-order valence-electron chi connectivity index (χ2n) is 17.7. The zero-order valence-corrected chi connectivity index (χ0v) is 35.9. The second-order valence-corrected chi connectivity index (χ2v) is 17.7. The van der Waals surface area contributed by atoms with Crippen LogP contribution in [0.1, 0.15) is 45.9 Å². The molecule has 0 radical (unpaired) electrons. The lowest BCUT2D eigenvalue weighted by Gasteiger charge is -2.35. The molecule has 0 unspecified atom stereocenters. The number of hydrogen-bond acceptors (Lipinski definition) is 2. The Kier molecular flexibility index (Phi) is 8.29. The monoisotopic (exact) mass is 829 g/mol. The van der Waals surface area contributed by atoms with Crippen molar-refractivity contribution in [2.45, 2.75) is 17.8 Å². The highest BCUT2D eigenvalue weighted by molar-refractivity contribution is 6.12. The zero-order valence-electron chi connectivity index (χ0n) is 35.9. The van der Waals surface area contributed by atoms with Crippen LogP contribution >= 0.6 is 0 Å². The van der Waals surface area contributed by atoms with Crippen LogP contribution < -0.4 is 4.90 Å². The van der Waals surface area contributed by atoms with Crippen LogP contribution in [0.4, 0.5) is 17.1 Å². The first-order valence-corrected chi connectivity index (χ1v) is 22.6. The van der Waals surface area contributed by atoms with Crippen LogP contribution in [0.2, 0.25) is 0 Å². The molecular formula is C63H43NO. The van der Waals surface area contributed by atoms with E-state index in [1.165, 1.54) is 61.2 Å². The molecule has 0 saturated carbocycles. The van der Waals surface area contributed by atoms with Gasteiger partial charge in [-0.3, -0.25) is 0 Å². The summed E-state index contributed by atoms with van der Waals surface area (Å²) in [4.78, 5) is 2.42. The lowest BCUT2D eigenvalue weighted by molar-refractivity contribution is 0.638. The highest BCUT2D eigenvalue weighted by Gasteiger charge is 2.47. The van der Waals surface area contributed by atoms with Gasteiger partial charge in [0.2, 0.25) is 0 Å². The molecule has 2 heteroatoms. The van der Waals surface area contributed by atoms with Crippen LogP contribution in [0.3, 0.4) is 0 Å². The molecule has 0 spiro atoms. The number of anilines is 3. The topological polar surface area (TPSA) is 16.4 Å². The molecule has 2 aliphatic rings. The van der Waals surface area contributed by atoms with Crippen LogP contribution in [-0.4, -0.2) is 0 Å². The molecule has 1 heterocycles. The molecule has 0 atom stereocenters. The van der Waals surface area contributed by atoms with Gasteiger partial charge in [-0.2, -0.15) is 0 Å². The SMILES string of the molecule is CC1(c2cccc3c2oc2c(N(c4cccc(-c5ccccc5)c4)c4ccc5c(c4)C(c4ccccc4)(c4ccccc4)c4ccccc4-5)cccc23)c2ccccc2-c2ccccc21. The number of nitrogens with zero attached hydrogens (tertiary/aromatic N) is 1. The average Bonchev–Trinajstić information content (AvgIpc) is 4.00. The predicted molar refractivity (Wildman–Crippen MR) is 269 cm³/mol. The van der Waals surface area contributed by atoms with Crippen molar-refractivity contribution in [1.82, 2.24) is 0 Å². The van der Waals surface area contributed by atoms with Crippen LogP contribution in [0, 0.1) is 0 Å². The summed E-state index contributed by atoms with van der Waals surface area (Å²) in [5, 5.41) is 2.19. The fourth-order valence-corrected chi connectivity index (χ4v) is 11.6. The minimum absolute atomic E-state index is 0.419. The third kappa shape index (κ3) is 5.35. The van der Waals surface area contributed by atoms with Crippen LogP contribution in [-0.2, 0) is 10.8 Å². The van der Waals surface area contributed by atoms with Crippen molar-refractivity contribution >= 4 is 39.0 Å². The smallest absolute Gasteiger partial charge is 0.159 e. The first-order chi connectivity index (χ1) is 32.1. The van der Waals surface area contributed by atoms with Crippen LogP contribution in [0.5, 0.6) is 0 Å². The summed E-state index contributed by atoms with van der Waals surface area (Å²) >= 11 is 0. The third-order valence-electron chi connectivity index (χ3n) is 14.4. The van der Waals surface area contributed by atoms with Gasteiger partial charge >= 0.3 is 0 Å². The summed E-state index contributed by atoms with van der Waals surface area (Å²) in [6.45, 7) is 2.37. The molecular weight excluding hydrogens is 787 g/mol. The molecule has 2 aliphatic carbocycles. The van der Waals surface area contributed by atoms with E-state index < -0.39 is 10.8 Å². The minimum Gasteiger partial charge on any atom is -0.454 e. The van der Waals surface area contributed by atoms with E-state index in [-0.39, 0.29) is 0 Å². The standard InChI is InChI=1S/C63H43NO/c1-62(54-33-14-11-28-48(54)49-29-12-15-34-55(49)62)57-36-18-31-52-53-32-19-37-59(61(53)65-60(52)57)64(46-27-17-22-43(40-46)42-20-5-2-6-21-42)47-38-39-51-50-30-13-16-35-56(50)63(58(51)41-47,44-23-7-3-8-24-44)45-25-9-4-10-26-45/h2-41H,1H3. The predicted octanol–water partition coefficient (Wildman–Crippen LogP) is 16.4. The van der Waals surface area contributed by atoms with Gasteiger partial charge in [0.15, 0.2) is 5.58 Å². The number of hydrogen-bond donors (Lipinski definition) is 0. The number of fused-ring (bicyclic) bond motifs is 9. The maximum atomic E-state index is 7.44. The summed E-state index contributed by atoms with van der Waals surface area (Å²) in [6, 6.07) is 88.9. The lowest BCUT2D eigenvalue weighted by Crippen LogP contribution is -2.28. The van der Waals surface area contributed by atoms with E-state index >= 15 is 0 Å². The molecule has 0 saturated heterocycles. The molecule has 65 heavy (non-hydrogen) atoms. The first kappa shape index (κ1) is 37.4. The van der Waals surface area contributed by atoms with E-state index in [0.29, 0.717) is 0 Å². The van der Waals surface area contributed by atoms with Gasteiger partial charge < -0.3 is 9.32 Å². The van der Waals surface area contributed by atoms with Crippen molar-refractivity contribution in [3.05, 3.63) is 282 Å². The van der Waals surface area contributed by atoms with Gasteiger partial charge in [0.05, 0.1) is 11.1 Å². The minimum atomic E-state index is -0.550. The Balaban J connectivity index is 1.08. The van der Waals surface area contributed by atoms with Crippen LogP contribution in [0.15, 0.2) is 247 Å². The van der Waals surface area contributed by atoms with Gasteiger partial charge in [-0.1, -0.05) is 212 Å². The van der Waals surface area contributed by atoms with E-state index in [9.17, 15) is 0 Å². The first-order valence-electron chi connectivity index (χ1n) is 22.6. The number of furan rings is 1. The Morgan fingerprint density at radius 1 is 0.338 bits per heavy atom. The highest BCUT2D eigenvalue weighted by Crippen LogP contribution is 2.58. The van der Waals surface area contributed by atoms with E-state index in [2.05, 4.69) is 254 Å². The number of benzene rings is 10. The Morgan fingerprint density at radius 2 is 0.815 bits per heavy atom. The second kappa shape index (κ2) is 14.4. The average molecular weight is 830 g/mol. The summed E-state index contributed by atoms with van der Waals surface area (Å²) < 4.78 is 7.44. The maximum absolute atomic E-state index is 7.44. The van der Waals surface area contributed by atoms with Crippen molar-refractivity contribution in [3.63, 3.8) is 0 Å². The van der Waals surface area contributed by atoms with Gasteiger partial charge in [0, 0.05) is 33.1 Å². The van der Waals surface area contributed by atoms with E-state index in [0.717, 1.165) is 50.1 Å². The molecule has 0 N–H and O–H groups in total. The third-order valence-corrected chi connectivity index (χ3v) is 14.4. The Morgan fingerprint density at radius 3 is 1.48 bits per heavy atom. The van der Waals surface area contributed by atoms with Crippen molar-refractivity contribution < 1.29 is 4.42 Å². The number of para-hydroxylation sites is 2. The molecule has 306 valence electrons. The quantitative estimate of drug-likeness (QED) is 0.159. The molecule has 10 aromatic carbocycles. The fraction of sp³-hybridized carbons (Fsp3) is 0.0476. The van der Waals surface area contributed by atoms with Gasteiger partial charge in [0.1, 0.15) is 5.58 Å². The molecule has 11 aromatic rings. The van der Waals surface area contributed by atoms with E-state index in [1.54, 1.807) is 0 Å². The van der Waals surface area contributed by atoms with Gasteiger partial charge in [0.25, 0.3) is 0 Å². The lowest BCUT2D eigenvalue weighted by atomic mass is 9.67. The Labute approximate surface area is 379 Å². The van der Waals surface area contributed by atoms with Crippen molar-refractivity contribution in [2.75, 3.05) is 4.90 Å². The van der Waals surface area contributed by atoms with E-state index in [1.807, 2.05) is 0 Å². The molecule has 13 rings (SSSR count). The maximum Gasteiger partial charge on any atom is 0.159 e. The summed E-state index contributed by atoms with van der Waals surface area (Å²) in [6.07, 6.45) is 0. The van der Waals surface area contributed by atoms with Gasteiger partial charge in [-0.15, -0.1) is 0 Å². The van der Waals surface area contributed by atoms with Crippen LogP contribution in [0.25, 0.3) is 55.3 Å². The Hall–Kier alpha value is -8.20. The summed E-state index contributed by atoms with van der Waals surface area (Å²) in [7, 11) is 0. The molecule has 0 bridgehead atoms. The van der Waals surface area contributed by atoms with Gasteiger partial charge in [-0.05, 0) is 104 Å². The Bertz CT molecular complexity index is 3540.